The van der Waals surface area contributed by atoms with Gasteiger partial charge in [0, 0.05) is 42.2 Å². The average Bonchev–Trinajstić information content (AvgIpc) is 2.76. The summed E-state index contributed by atoms with van der Waals surface area (Å²) in [6.45, 7) is 10.9. The van der Waals surface area contributed by atoms with E-state index in [1.54, 1.807) is 0 Å². The number of nitrogens with one attached hydrogen (secondary N) is 1. The number of urea groups is 1. The molecule has 31 heavy (non-hydrogen) atoms. The number of piperidine rings is 1. The van der Waals surface area contributed by atoms with E-state index in [1.165, 1.54) is 12.7 Å². The van der Waals surface area contributed by atoms with E-state index in [-0.39, 0.29) is 23.3 Å². The monoisotopic (exact) mass is 449 g/mol. The molecule has 6 nitrogen and oxygen atoms in total. The highest BCUT2D eigenvalue weighted by molar-refractivity contribution is 6.30. The zero-order chi connectivity index (χ0) is 22.8. The minimum absolute atomic E-state index is 0.0213. The van der Waals surface area contributed by atoms with Gasteiger partial charge in [0.2, 0.25) is 0 Å². The van der Waals surface area contributed by atoms with E-state index in [2.05, 4.69) is 36.2 Å². The van der Waals surface area contributed by atoms with Gasteiger partial charge >= 0.3 is 12.0 Å². The van der Waals surface area contributed by atoms with Gasteiger partial charge in [0.15, 0.2) is 0 Å². The molecule has 2 heterocycles. The van der Waals surface area contributed by atoms with Gasteiger partial charge in [-0.15, -0.1) is 0 Å². The van der Waals surface area contributed by atoms with Crippen molar-refractivity contribution in [2.75, 3.05) is 26.7 Å². The Hall–Kier alpha value is -1.79. The van der Waals surface area contributed by atoms with Gasteiger partial charge in [-0.2, -0.15) is 0 Å². The normalized spacial score (nSPS) is 22.7. The zero-order valence-corrected chi connectivity index (χ0v) is 20.1. The van der Waals surface area contributed by atoms with Crippen LogP contribution in [0.3, 0.4) is 0 Å². The summed E-state index contributed by atoms with van der Waals surface area (Å²) in [5.41, 5.74) is 1.47. The molecule has 7 heteroatoms. The maximum atomic E-state index is 12.9. The minimum Gasteiger partial charge on any atom is -0.467 e. The number of hydrogen-bond acceptors (Lipinski definition) is 4. The summed E-state index contributed by atoms with van der Waals surface area (Å²) in [7, 11) is 1.36. The molecule has 1 aromatic carbocycles. The third kappa shape index (κ3) is 4.85. The quantitative estimate of drug-likeness (QED) is 0.650. The first-order valence-electron chi connectivity index (χ1n) is 11.4. The third-order valence-corrected chi connectivity index (χ3v) is 7.50. The lowest BCUT2D eigenvalue weighted by molar-refractivity contribution is -0.144. The molecule has 0 saturated carbocycles. The van der Waals surface area contributed by atoms with Crippen LogP contribution in [0.1, 0.15) is 58.6 Å². The summed E-state index contributed by atoms with van der Waals surface area (Å²) in [5, 5.41) is 3.67. The molecule has 172 valence electrons. The molecule has 1 spiro atoms. The van der Waals surface area contributed by atoms with Crippen molar-refractivity contribution in [3.63, 3.8) is 0 Å². The first kappa shape index (κ1) is 23.9. The molecule has 2 aliphatic rings. The van der Waals surface area contributed by atoms with Crippen LogP contribution in [0.25, 0.3) is 0 Å². The highest BCUT2D eigenvalue weighted by Gasteiger charge is 2.54. The molecule has 3 unspecified atom stereocenters. The lowest BCUT2D eigenvalue weighted by Crippen LogP contribution is -2.64. The summed E-state index contributed by atoms with van der Waals surface area (Å²) in [5.74, 6) is -0.362. The molecule has 3 rings (SSSR count). The Morgan fingerprint density at radius 1 is 1.19 bits per heavy atom. The first-order chi connectivity index (χ1) is 14.7. The lowest BCUT2D eigenvalue weighted by atomic mass is 9.62. The van der Waals surface area contributed by atoms with Crippen LogP contribution in [0.2, 0.25) is 5.02 Å². The van der Waals surface area contributed by atoms with Gasteiger partial charge in [0.25, 0.3) is 0 Å². The predicted octanol–water partition coefficient (Wildman–Crippen LogP) is 4.48. The van der Waals surface area contributed by atoms with E-state index in [4.69, 9.17) is 16.3 Å². The average molecular weight is 450 g/mol. The Morgan fingerprint density at radius 3 is 2.32 bits per heavy atom. The van der Waals surface area contributed by atoms with Crippen molar-refractivity contribution in [1.29, 1.82) is 0 Å². The molecule has 0 aliphatic carbocycles. The fourth-order valence-electron chi connectivity index (χ4n) is 5.06. The van der Waals surface area contributed by atoms with Gasteiger partial charge in [0.1, 0.15) is 6.04 Å². The highest BCUT2D eigenvalue weighted by Crippen LogP contribution is 2.55. The SMILES string of the molecule is CCC(C)C(NC(=O)N1CCC2(CC1)CN(C(C)C)C2c1ccc(Cl)cc1)C(=O)OC. The molecule has 0 aromatic heterocycles. The van der Waals surface area contributed by atoms with Crippen molar-refractivity contribution >= 4 is 23.6 Å². The Morgan fingerprint density at radius 2 is 1.81 bits per heavy atom. The number of esters is 1. The maximum absolute atomic E-state index is 12.9. The molecule has 2 amide bonds. The van der Waals surface area contributed by atoms with Crippen LogP contribution in [-0.4, -0.2) is 60.6 Å². The molecular weight excluding hydrogens is 414 g/mol. The van der Waals surface area contributed by atoms with E-state index in [0.29, 0.717) is 25.2 Å². The number of halogens is 1. The number of carbonyl (C=O) groups is 2. The van der Waals surface area contributed by atoms with Gasteiger partial charge in [-0.3, -0.25) is 4.90 Å². The number of ether oxygens (including phenoxy) is 1. The van der Waals surface area contributed by atoms with Crippen LogP contribution in [-0.2, 0) is 9.53 Å². The zero-order valence-electron chi connectivity index (χ0n) is 19.4. The fourth-order valence-corrected chi connectivity index (χ4v) is 5.18. The van der Waals surface area contributed by atoms with E-state index in [9.17, 15) is 9.59 Å². The number of nitrogens with zero attached hydrogens (tertiary/aromatic N) is 2. The highest BCUT2D eigenvalue weighted by atomic mass is 35.5. The van der Waals surface area contributed by atoms with Crippen molar-refractivity contribution < 1.29 is 14.3 Å². The minimum atomic E-state index is -0.611. The molecule has 1 N–H and O–H groups in total. The van der Waals surface area contributed by atoms with Gasteiger partial charge < -0.3 is 15.0 Å². The number of hydrogen-bond donors (Lipinski definition) is 1. The van der Waals surface area contributed by atoms with Crippen molar-refractivity contribution in [2.24, 2.45) is 11.3 Å². The molecule has 0 bridgehead atoms. The Bertz CT molecular complexity index is 775. The molecule has 1 aromatic rings. The summed E-state index contributed by atoms with van der Waals surface area (Å²) in [6, 6.07) is 8.22. The van der Waals surface area contributed by atoms with Crippen LogP contribution in [0.15, 0.2) is 24.3 Å². The largest absolute Gasteiger partial charge is 0.467 e. The van der Waals surface area contributed by atoms with E-state index >= 15 is 0 Å². The van der Waals surface area contributed by atoms with Crippen molar-refractivity contribution in [3.8, 4) is 0 Å². The molecule has 0 radical (unpaired) electrons. The van der Waals surface area contributed by atoms with Crippen LogP contribution in [0.4, 0.5) is 4.79 Å². The van der Waals surface area contributed by atoms with Gasteiger partial charge in [0.05, 0.1) is 7.11 Å². The molecule has 2 aliphatic heterocycles. The summed E-state index contributed by atoms with van der Waals surface area (Å²) in [6.07, 6.45) is 2.68. The number of benzene rings is 1. The maximum Gasteiger partial charge on any atom is 0.328 e. The molecule has 2 saturated heterocycles. The fraction of sp³-hybridized carbons (Fsp3) is 0.667. The smallest absolute Gasteiger partial charge is 0.328 e. The van der Waals surface area contributed by atoms with Crippen LogP contribution in [0, 0.1) is 11.3 Å². The second-order valence-corrected chi connectivity index (χ2v) is 9.84. The van der Waals surface area contributed by atoms with Gasteiger partial charge in [-0.1, -0.05) is 44.0 Å². The number of methoxy groups -OCH3 is 1. The first-order valence-corrected chi connectivity index (χ1v) is 11.7. The van der Waals surface area contributed by atoms with E-state index < -0.39 is 6.04 Å². The van der Waals surface area contributed by atoms with Gasteiger partial charge in [-0.05, 0) is 50.3 Å². The van der Waals surface area contributed by atoms with Crippen molar-refractivity contribution in [3.05, 3.63) is 34.9 Å². The standard InChI is InChI=1S/C24H36ClN3O3/c1-6-17(4)20(22(29)31-5)26-23(30)27-13-11-24(12-14-27)15-28(16(2)3)21(24)18-7-9-19(25)10-8-18/h7-10,16-17,20-21H,6,11-15H2,1-5H3,(H,26,30). The van der Waals surface area contributed by atoms with E-state index in [0.717, 1.165) is 30.8 Å². The van der Waals surface area contributed by atoms with Crippen LogP contribution >= 0.6 is 11.6 Å². The number of likely N-dealkylation sites (tertiary alicyclic amines) is 2. The predicted molar refractivity (Wildman–Crippen MR) is 123 cm³/mol. The molecular formula is C24H36ClN3O3. The number of rotatable bonds is 6. The lowest BCUT2D eigenvalue weighted by Gasteiger charge is -2.62. The summed E-state index contributed by atoms with van der Waals surface area (Å²) < 4.78 is 4.90. The second kappa shape index (κ2) is 9.78. The van der Waals surface area contributed by atoms with Gasteiger partial charge in [-0.25, -0.2) is 9.59 Å². The Kier molecular flexibility index (Phi) is 7.53. The van der Waals surface area contributed by atoms with Crippen molar-refractivity contribution in [1.82, 2.24) is 15.1 Å². The molecule has 2 fully saturated rings. The summed E-state index contributed by atoms with van der Waals surface area (Å²) in [4.78, 5) is 29.4. The second-order valence-electron chi connectivity index (χ2n) is 9.41. The van der Waals surface area contributed by atoms with Crippen LogP contribution < -0.4 is 5.32 Å². The summed E-state index contributed by atoms with van der Waals surface area (Å²) >= 11 is 6.12. The Labute approximate surface area is 191 Å². The van der Waals surface area contributed by atoms with E-state index in [1.807, 2.05) is 30.9 Å². The molecule has 3 atom stereocenters. The number of amides is 2. The van der Waals surface area contributed by atoms with Crippen molar-refractivity contribution in [2.45, 2.75) is 65.1 Å². The third-order valence-electron chi connectivity index (χ3n) is 7.25. The Balaban J connectivity index is 1.67. The topological polar surface area (TPSA) is 61.9 Å². The van der Waals surface area contributed by atoms with Crippen LogP contribution in [0.5, 0.6) is 0 Å². The number of carbonyl (C=O) groups excluding carboxylic acids is 2.